The number of nitrogens with zero attached hydrogens (tertiary/aromatic N) is 1. The molecule has 0 spiro atoms. The van der Waals surface area contributed by atoms with E-state index in [2.05, 4.69) is 10.0 Å². The van der Waals surface area contributed by atoms with Gasteiger partial charge in [-0.05, 0) is 61.7 Å². The lowest BCUT2D eigenvalue weighted by atomic mass is 9.86. The lowest BCUT2D eigenvalue weighted by molar-refractivity contribution is -0.129. The van der Waals surface area contributed by atoms with Crippen molar-refractivity contribution < 1.29 is 18.0 Å². The molecule has 2 amide bonds. The van der Waals surface area contributed by atoms with Gasteiger partial charge >= 0.3 is 0 Å². The van der Waals surface area contributed by atoms with Crippen molar-refractivity contribution in [1.29, 1.82) is 0 Å². The molecule has 2 N–H and O–H groups in total. The van der Waals surface area contributed by atoms with E-state index >= 15 is 0 Å². The molecule has 34 heavy (non-hydrogen) atoms. The van der Waals surface area contributed by atoms with Gasteiger partial charge in [-0.2, -0.15) is 0 Å². The second kappa shape index (κ2) is 10.1. The van der Waals surface area contributed by atoms with Crippen LogP contribution in [0.1, 0.15) is 34.9 Å². The highest BCUT2D eigenvalue weighted by molar-refractivity contribution is 7.89. The predicted molar refractivity (Wildman–Crippen MR) is 133 cm³/mol. The van der Waals surface area contributed by atoms with Crippen LogP contribution in [0.25, 0.3) is 0 Å². The van der Waals surface area contributed by atoms with E-state index in [-0.39, 0.29) is 29.7 Å². The van der Waals surface area contributed by atoms with Gasteiger partial charge in [-0.1, -0.05) is 35.9 Å². The molecule has 3 aromatic rings. The number of rotatable bonds is 7. The number of thiophene rings is 1. The van der Waals surface area contributed by atoms with Gasteiger partial charge in [0.25, 0.3) is 0 Å². The highest BCUT2D eigenvalue weighted by atomic mass is 32.2. The fourth-order valence-electron chi connectivity index (χ4n) is 4.22. The molecule has 0 aliphatic carbocycles. The first-order valence-electron chi connectivity index (χ1n) is 11.0. The molecule has 2 heterocycles. The summed E-state index contributed by atoms with van der Waals surface area (Å²) in [6.07, 6.45) is 0.730. The number of hydrogen-bond donors (Lipinski definition) is 2. The van der Waals surface area contributed by atoms with Crippen LogP contribution in [0, 0.1) is 12.8 Å². The third-order valence-corrected chi connectivity index (χ3v) is 8.38. The van der Waals surface area contributed by atoms with Crippen molar-refractivity contribution >= 4 is 38.9 Å². The van der Waals surface area contributed by atoms with Crippen molar-refractivity contribution in [2.24, 2.45) is 5.92 Å². The first kappa shape index (κ1) is 24.1. The quantitative estimate of drug-likeness (QED) is 0.520. The zero-order chi connectivity index (χ0) is 24.3. The van der Waals surface area contributed by atoms with E-state index in [1.807, 2.05) is 48.7 Å². The summed E-state index contributed by atoms with van der Waals surface area (Å²) in [5.74, 6) is -0.594. The highest BCUT2D eigenvalue weighted by Crippen LogP contribution is 2.41. The van der Waals surface area contributed by atoms with Crippen molar-refractivity contribution in [1.82, 2.24) is 10.0 Å². The first-order valence-corrected chi connectivity index (χ1v) is 13.4. The largest absolute Gasteiger partial charge is 0.352 e. The van der Waals surface area contributed by atoms with Crippen LogP contribution in [0.3, 0.4) is 0 Å². The van der Waals surface area contributed by atoms with Gasteiger partial charge in [0.05, 0.1) is 16.9 Å². The summed E-state index contributed by atoms with van der Waals surface area (Å²) in [5.41, 5.74) is 2.55. The Morgan fingerprint density at radius 3 is 2.56 bits per heavy atom. The van der Waals surface area contributed by atoms with Gasteiger partial charge in [-0.15, -0.1) is 11.3 Å². The molecular weight excluding hydrogens is 470 g/mol. The molecule has 2 atom stereocenters. The van der Waals surface area contributed by atoms with Gasteiger partial charge in [-0.25, -0.2) is 13.1 Å². The van der Waals surface area contributed by atoms with Crippen molar-refractivity contribution in [3.63, 3.8) is 0 Å². The lowest BCUT2D eigenvalue weighted by Crippen LogP contribution is -2.48. The smallest absolute Gasteiger partial charge is 0.240 e. The van der Waals surface area contributed by atoms with Crippen LogP contribution in [-0.2, 0) is 26.2 Å². The Kier molecular flexibility index (Phi) is 7.16. The number of anilines is 1. The van der Waals surface area contributed by atoms with Crippen molar-refractivity contribution in [3.05, 3.63) is 82.0 Å². The van der Waals surface area contributed by atoms with Crippen LogP contribution in [-0.4, -0.2) is 27.3 Å². The molecule has 1 saturated heterocycles. The maximum atomic E-state index is 13.4. The van der Waals surface area contributed by atoms with Gasteiger partial charge in [0.2, 0.25) is 21.8 Å². The van der Waals surface area contributed by atoms with E-state index in [0.29, 0.717) is 12.0 Å². The summed E-state index contributed by atoms with van der Waals surface area (Å²) < 4.78 is 26.5. The SMILES string of the molecule is CNS(=O)(=O)c1cccc(CNC(=O)C2CCC(=O)N(c3ccc(C)cc3)C2c2cccs2)c1. The molecular formula is C25H27N3O4S2. The van der Waals surface area contributed by atoms with Crippen LogP contribution in [0.2, 0.25) is 0 Å². The Bertz CT molecular complexity index is 1270. The fourth-order valence-corrected chi connectivity index (χ4v) is 5.90. The molecule has 1 fully saturated rings. The first-order chi connectivity index (χ1) is 16.3. The maximum absolute atomic E-state index is 13.4. The second-order valence-corrected chi connectivity index (χ2v) is 11.1. The number of sulfonamides is 1. The third kappa shape index (κ3) is 5.06. The van der Waals surface area contributed by atoms with Gasteiger partial charge < -0.3 is 10.2 Å². The van der Waals surface area contributed by atoms with Gasteiger partial charge in [0.1, 0.15) is 0 Å². The minimum absolute atomic E-state index is 0.00345. The van der Waals surface area contributed by atoms with Crippen LogP contribution in [0.4, 0.5) is 5.69 Å². The number of benzene rings is 2. The van der Waals surface area contributed by atoms with Crippen LogP contribution in [0.5, 0.6) is 0 Å². The fraction of sp³-hybridized carbons (Fsp3) is 0.280. The van der Waals surface area contributed by atoms with Gasteiger partial charge in [0.15, 0.2) is 0 Å². The number of amides is 2. The number of carbonyl (C=O) groups excluding carboxylic acids is 2. The van der Waals surface area contributed by atoms with Crippen molar-refractivity contribution in [2.45, 2.75) is 37.2 Å². The average molecular weight is 498 g/mol. The standard InChI is InChI=1S/C25H27N3O4S2/c1-17-8-10-19(11-9-17)28-23(29)13-12-21(24(28)22-7-4-14-33-22)25(30)27-16-18-5-3-6-20(15-18)34(31,32)26-2/h3-11,14-15,21,24,26H,12-13,16H2,1-2H3,(H,27,30). The molecule has 2 unspecified atom stereocenters. The number of aryl methyl sites for hydroxylation is 1. The molecule has 1 aromatic heterocycles. The number of piperidine rings is 1. The van der Waals surface area contributed by atoms with Crippen molar-refractivity contribution in [2.75, 3.05) is 11.9 Å². The van der Waals surface area contributed by atoms with E-state index in [4.69, 9.17) is 0 Å². The third-order valence-electron chi connectivity index (χ3n) is 6.03. The average Bonchev–Trinajstić information content (AvgIpc) is 3.38. The maximum Gasteiger partial charge on any atom is 0.240 e. The van der Waals surface area contributed by atoms with Crippen molar-refractivity contribution in [3.8, 4) is 0 Å². The van der Waals surface area contributed by atoms with Crippen LogP contribution in [0.15, 0.2) is 70.9 Å². The minimum Gasteiger partial charge on any atom is -0.352 e. The number of hydrogen-bond acceptors (Lipinski definition) is 5. The monoisotopic (exact) mass is 497 g/mol. The molecule has 4 rings (SSSR count). The normalized spacial score (nSPS) is 18.6. The summed E-state index contributed by atoms with van der Waals surface area (Å²) in [6, 6.07) is 17.7. The topological polar surface area (TPSA) is 95.6 Å². The molecule has 1 aliphatic rings. The molecule has 7 nitrogen and oxygen atoms in total. The van der Waals surface area contributed by atoms with E-state index < -0.39 is 22.0 Å². The Morgan fingerprint density at radius 1 is 1.12 bits per heavy atom. The zero-order valence-electron chi connectivity index (χ0n) is 19.0. The summed E-state index contributed by atoms with van der Waals surface area (Å²) in [5, 5.41) is 4.91. The van der Waals surface area contributed by atoms with E-state index in [1.165, 1.54) is 24.5 Å². The molecule has 178 valence electrons. The molecule has 1 aliphatic heterocycles. The second-order valence-electron chi connectivity index (χ2n) is 8.28. The minimum atomic E-state index is -3.57. The summed E-state index contributed by atoms with van der Waals surface area (Å²) in [6.45, 7) is 2.18. The predicted octanol–water partition coefficient (Wildman–Crippen LogP) is 3.77. The van der Waals surface area contributed by atoms with E-state index in [9.17, 15) is 18.0 Å². The Labute approximate surface area is 203 Å². The lowest BCUT2D eigenvalue weighted by Gasteiger charge is -2.40. The molecule has 0 saturated carbocycles. The zero-order valence-corrected chi connectivity index (χ0v) is 20.7. The highest BCUT2D eigenvalue weighted by Gasteiger charge is 2.41. The number of nitrogens with one attached hydrogen (secondary N) is 2. The molecule has 2 aromatic carbocycles. The summed E-state index contributed by atoms with van der Waals surface area (Å²) in [4.78, 5) is 29.3. The number of carbonyl (C=O) groups is 2. The molecule has 0 bridgehead atoms. The Hall–Kier alpha value is -3.01. The van der Waals surface area contributed by atoms with Gasteiger partial charge in [0, 0.05) is 23.5 Å². The van der Waals surface area contributed by atoms with E-state index in [1.54, 1.807) is 23.1 Å². The van der Waals surface area contributed by atoms with Gasteiger partial charge in [-0.3, -0.25) is 9.59 Å². The summed E-state index contributed by atoms with van der Waals surface area (Å²) >= 11 is 1.53. The molecule has 9 heteroatoms. The Balaban J connectivity index is 1.58. The summed E-state index contributed by atoms with van der Waals surface area (Å²) in [7, 11) is -2.21. The van der Waals surface area contributed by atoms with Crippen LogP contribution < -0.4 is 14.9 Å². The van der Waals surface area contributed by atoms with E-state index in [0.717, 1.165) is 16.1 Å². The van der Waals surface area contributed by atoms with Crippen LogP contribution >= 0.6 is 11.3 Å². The Morgan fingerprint density at radius 2 is 1.88 bits per heavy atom. The molecule has 0 radical (unpaired) electrons.